The predicted molar refractivity (Wildman–Crippen MR) is 138 cm³/mol. The standard InChI is InChI=1S/C24H18ClN7OS2/c1-13-7-19(31-30-13)20-18(8-26)24(29-22(21(20)27-2)32-9-17(33)10-32)35-12-16-11-34-23(28-16)14-3-5-15(25)6-4-14/h3-7,11,17,33H,9-10,12H2,1H3,(H,30,31). The second-order valence-electron chi connectivity index (χ2n) is 7.98. The Morgan fingerprint density at radius 1 is 1.34 bits per heavy atom. The molecule has 2 N–H and O–H groups in total. The highest BCUT2D eigenvalue weighted by atomic mass is 35.5. The van der Waals surface area contributed by atoms with Gasteiger partial charge in [-0.2, -0.15) is 10.4 Å². The number of halogens is 1. The summed E-state index contributed by atoms with van der Waals surface area (Å²) >= 11 is 8.93. The number of aromatic nitrogens is 4. The maximum absolute atomic E-state index is 10.1. The number of nitriles is 1. The molecule has 1 aliphatic rings. The van der Waals surface area contributed by atoms with E-state index in [1.54, 1.807) is 11.3 Å². The largest absolute Gasteiger partial charge is 0.389 e. The summed E-state index contributed by atoms with van der Waals surface area (Å²) in [6.07, 6.45) is -0.457. The van der Waals surface area contributed by atoms with Crippen LogP contribution in [0.25, 0.3) is 26.7 Å². The Balaban J connectivity index is 1.51. The van der Waals surface area contributed by atoms with Crippen LogP contribution in [-0.2, 0) is 5.75 Å². The first-order valence-electron chi connectivity index (χ1n) is 10.6. The number of β-amino-alcohol motifs (C(OH)–C–C–N with tert-alkyl or cyclic N) is 1. The molecule has 1 aliphatic heterocycles. The summed E-state index contributed by atoms with van der Waals surface area (Å²) in [5, 5.41) is 31.1. The molecule has 5 rings (SSSR count). The molecule has 0 amide bonds. The van der Waals surface area contributed by atoms with E-state index >= 15 is 0 Å². The number of thioether (sulfide) groups is 1. The highest BCUT2D eigenvalue weighted by Gasteiger charge is 2.32. The number of aryl methyl sites for hydroxylation is 1. The Labute approximate surface area is 215 Å². The van der Waals surface area contributed by atoms with Crippen LogP contribution >= 0.6 is 34.7 Å². The second-order valence-corrected chi connectivity index (χ2v) is 10.2. The minimum absolute atomic E-state index is 0.278. The Kier molecular flexibility index (Phi) is 6.46. The summed E-state index contributed by atoms with van der Waals surface area (Å²) in [6, 6.07) is 11.6. The van der Waals surface area contributed by atoms with Crippen molar-refractivity contribution in [3.8, 4) is 27.9 Å². The van der Waals surface area contributed by atoms with E-state index < -0.39 is 6.10 Å². The first kappa shape index (κ1) is 23.3. The van der Waals surface area contributed by atoms with Gasteiger partial charge in [-0.15, -0.1) is 11.3 Å². The number of hydrogen-bond donors (Lipinski definition) is 2. The lowest BCUT2D eigenvalue weighted by atomic mass is 10.0. The Bertz CT molecular complexity index is 1480. The van der Waals surface area contributed by atoms with Crippen molar-refractivity contribution >= 4 is 46.2 Å². The number of benzene rings is 1. The number of anilines is 1. The van der Waals surface area contributed by atoms with Crippen molar-refractivity contribution in [1.29, 1.82) is 5.26 Å². The Morgan fingerprint density at radius 3 is 2.74 bits per heavy atom. The average molecular weight is 520 g/mol. The Hall–Kier alpha value is -3.41. The van der Waals surface area contributed by atoms with Gasteiger partial charge in [-0.05, 0) is 25.1 Å². The summed E-state index contributed by atoms with van der Waals surface area (Å²) in [5.74, 6) is 0.973. The van der Waals surface area contributed by atoms with Gasteiger partial charge < -0.3 is 10.0 Å². The molecule has 0 radical (unpaired) electrons. The van der Waals surface area contributed by atoms with Gasteiger partial charge in [-0.1, -0.05) is 35.5 Å². The monoisotopic (exact) mass is 519 g/mol. The molecular formula is C24H18ClN7OS2. The highest BCUT2D eigenvalue weighted by molar-refractivity contribution is 7.98. The van der Waals surface area contributed by atoms with Gasteiger partial charge in [-0.3, -0.25) is 5.10 Å². The lowest BCUT2D eigenvalue weighted by molar-refractivity contribution is 0.141. The quantitative estimate of drug-likeness (QED) is 0.257. The molecule has 0 atom stereocenters. The molecule has 1 aromatic carbocycles. The van der Waals surface area contributed by atoms with E-state index in [1.165, 1.54) is 11.8 Å². The fourth-order valence-electron chi connectivity index (χ4n) is 3.76. The van der Waals surface area contributed by atoms with Crippen molar-refractivity contribution in [2.75, 3.05) is 18.0 Å². The van der Waals surface area contributed by atoms with E-state index in [0.29, 0.717) is 51.5 Å². The van der Waals surface area contributed by atoms with Crippen LogP contribution in [0.1, 0.15) is 17.0 Å². The summed E-state index contributed by atoms with van der Waals surface area (Å²) in [4.78, 5) is 15.0. The van der Waals surface area contributed by atoms with Crippen LogP contribution in [0.4, 0.5) is 11.5 Å². The molecular weight excluding hydrogens is 502 g/mol. The number of aliphatic hydroxyl groups is 1. The summed E-state index contributed by atoms with van der Waals surface area (Å²) in [7, 11) is 0. The van der Waals surface area contributed by atoms with Gasteiger partial charge in [0.05, 0.1) is 35.3 Å². The normalized spacial score (nSPS) is 13.3. The van der Waals surface area contributed by atoms with E-state index in [1.807, 2.05) is 47.5 Å². The summed E-state index contributed by atoms with van der Waals surface area (Å²) in [5.41, 5.74) is 4.28. The number of thiazole rings is 1. The van der Waals surface area contributed by atoms with Crippen LogP contribution in [0.2, 0.25) is 5.02 Å². The summed E-state index contributed by atoms with van der Waals surface area (Å²) < 4.78 is 0. The fourth-order valence-corrected chi connectivity index (χ4v) is 5.69. The maximum atomic E-state index is 10.1. The zero-order chi connectivity index (χ0) is 24.5. The van der Waals surface area contributed by atoms with Crippen molar-refractivity contribution < 1.29 is 5.11 Å². The van der Waals surface area contributed by atoms with Crippen molar-refractivity contribution in [2.24, 2.45) is 0 Å². The molecule has 0 bridgehead atoms. The van der Waals surface area contributed by atoms with Crippen LogP contribution in [0.15, 0.2) is 40.7 Å². The lowest BCUT2D eigenvalue weighted by Gasteiger charge is -2.38. The zero-order valence-corrected chi connectivity index (χ0v) is 20.9. The number of aliphatic hydroxyl groups excluding tert-OH is 1. The van der Waals surface area contributed by atoms with Gasteiger partial charge in [-0.25, -0.2) is 14.8 Å². The minimum Gasteiger partial charge on any atom is -0.389 e. The third-order valence-corrected chi connectivity index (χ3v) is 7.68. The van der Waals surface area contributed by atoms with E-state index in [-0.39, 0.29) is 5.69 Å². The zero-order valence-electron chi connectivity index (χ0n) is 18.5. The van der Waals surface area contributed by atoms with Crippen LogP contribution in [0, 0.1) is 24.8 Å². The van der Waals surface area contributed by atoms with Crippen molar-refractivity contribution in [2.45, 2.75) is 23.8 Å². The van der Waals surface area contributed by atoms with Gasteiger partial charge in [0.15, 0.2) is 0 Å². The van der Waals surface area contributed by atoms with Crippen molar-refractivity contribution in [3.63, 3.8) is 0 Å². The van der Waals surface area contributed by atoms with Gasteiger partial charge in [0.25, 0.3) is 0 Å². The molecule has 35 heavy (non-hydrogen) atoms. The molecule has 0 spiro atoms. The molecule has 8 nitrogen and oxygen atoms in total. The number of aromatic amines is 1. The van der Waals surface area contributed by atoms with E-state index in [2.05, 4.69) is 21.1 Å². The SMILES string of the molecule is [C-]#[N+]c1c(N2CC(O)C2)nc(SCc2csc(-c3ccc(Cl)cc3)n2)c(C#N)c1-c1cc(C)n[nH]1. The third-order valence-electron chi connectivity index (χ3n) is 5.48. The van der Waals surface area contributed by atoms with Gasteiger partial charge in [0, 0.05) is 40.4 Å². The molecule has 3 aromatic heterocycles. The molecule has 4 heterocycles. The van der Waals surface area contributed by atoms with Gasteiger partial charge in [0.2, 0.25) is 5.69 Å². The molecule has 0 unspecified atom stereocenters. The first-order chi connectivity index (χ1) is 17.0. The van der Waals surface area contributed by atoms with Crippen LogP contribution in [-0.4, -0.2) is 44.5 Å². The van der Waals surface area contributed by atoms with Crippen LogP contribution < -0.4 is 4.90 Å². The number of hydrogen-bond acceptors (Lipinski definition) is 8. The molecule has 174 valence electrons. The molecule has 0 saturated carbocycles. The average Bonchev–Trinajstić information content (AvgIpc) is 3.49. The van der Waals surface area contributed by atoms with Gasteiger partial charge in [0.1, 0.15) is 21.9 Å². The van der Waals surface area contributed by atoms with Crippen molar-refractivity contribution in [3.05, 3.63) is 69.1 Å². The highest BCUT2D eigenvalue weighted by Crippen LogP contribution is 2.44. The minimum atomic E-state index is -0.457. The number of H-pyrrole nitrogens is 1. The smallest absolute Gasteiger partial charge is 0.238 e. The Morgan fingerprint density at radius 2 is 2.11 bits per heavy atom. The predicted octanol–water partition coefficient (Wildman–Crippen LogP) is 5.45. The molecule has 11 heteroatoms. The van der Waals surface area contributed by atoms with E-state index in [4.69, 9.17) is 28.1 Å². The summed E-state index contributed by atoms with van der Waals surface area (Å²) in [6.45, 7) is 10.5. The maximum Gasteiger partial charge on any atom is 0.238 e. The first-order valence-corrected chi connectivity index (χ1v) is 12.8. The molecule has 4 aromatic rings. The second kappa shape index (κ2) is 9.68. The van der Waals surface area contributed by atoms with Crippen molar-refractivity contribution in [1.82, 2.24) is 20.2 Å². The molecule has 1 fully saturated rings. The van der Waals surface area contributed by atoms with Crippen LogP contribution in [0.5, 0.6) is 0 Å². The number of rotatable bonds is 6. The molecule has 1 saturated heterocycles. The number of nitrogens with zero attached hydrogens (tertiary/aromatic N) is 6. The van der Waals surface area contributed by atoms with Gasteiger partial charge >= 0.3 is 0 Å². The van der Waals surface area contributed by atoms with Crippen LogP contribution in [0.3, 0.4) is 0 Å². The molecule has 0 aliphatic carbocycles. The fraction of sp³-hybridized carbons (Fsp3) is 0.208. The number of nitrogens with one attached hydrogen (secondary N) is 1. The van der Waals surface area contributed by atoms with E-state index in [9.17, 15) is 10.4 Å². The number of pyridine rings is 1. The van der Waals surface area contributed by atoms with E-state index in [0.717, 1.165) is 22.0 Å². The topological polar surface area (TPSA) is 106 Å². The third kappa shape index (κ3) is 4.62. The lowest BCUT2D eigenvalue weighted by Crippen LogP contribution is -2.51.